The molecular weight excluding hydrogens is 282 g/mol. The molecule has 104 valence electrons. The summed E-state index contributed by atoms with van der Waals surface area (Å²) in [6, 6.07) is 2.79. The third kappa shape index (κ3) is 3.67. The number of aromatic carboxylic acids is 1. The fourth-order valence-electron chi connectivity index (χ4n) is 2.36. The van der Waals surface area contributed by atoms with Gasteiger partial charge in [-0.2, -0.15) is 4.98 Å². The SMILES string of the molecule is C[Si]1(C)CCC(Nc2nc(Cl)ncc2C(=O)O)CC1. The number of nitrogens with zero attached hydrogens (tertiary/aromatic N) is 2. The van der Waals surface area contributed by atoms with Gasteiger partial charge in [0, 0.05) is 20.3 Å². The number of hydrogen-bond donors (Lipinski definition) is 2. The molecule has 1 fully saturated rings. The summed E-state index contributed by atoms with van der Waals surface area (Å²) in [4.78, 5) is 18.8. The number of aromatic nitrogens is 2. The molecule has 2 rings (SSSR count). The normalized spacial score (nSPS) is 19.1. The van der Waals surface area contributed by atoms with E-state index < -0.39 is 14.0 Å². The molecule has 2 heterocycles. The first-order valence-electron chi connectivity index (χ1n) is 6.40. The van der Waals surface area contributed by atoms with E-state index in [-0.39, 0.29) is 16.9 Å². The van der Waals surface area contributed by atoms with E-state index in [1.165, 1.54) is 18.3 Å². The van der Waals surface area contributed by atoms with E-state index in [9.17, 15) is 4.79 Å². The molecule has 1 aromatic heterocycles. The summed E-state index contributed by atoms with van der Waals surface area (Å²) in [6.07, 6.45) is 3.39. The van der Waals surface area contributed by atoms with Crippen LogP contribution in [0.5, 0.6) is 0 Å². The van der Waals surface area contributed by atoms with Gasteiger partial charge in [0.15, 0.2) is 0 Å². The standard InChI is InChI=1S/C12H18ClN3O2Si/c1-19(2)5-3-8(4-6-19)15-10-9(11(17)18)7-14-12(13)16-10/h7-8H,3-6H2,1-2H3,(H,17,18)(H,14,15,16). The number of carboxylic acids is 1. The molecule has 0 aliphatic carbocycles. The topological polar surface area (TPSA) is 75.1 Å². The second-order valence-electron chi connectivity index (χ2n) is 5.79. The molecule has 19 heavy (non-hydrogen) atoms. The van der Waals surface area contributed by atoms with Crippen LogP contribution in [0.15, 0.2) is 6.20 Å². The summed E-state index contributed by atoms with van der Waals surface area (Å²) in [5.74, 6) is -0.705. The summed E-state index contributed by atoms with van der Waals surface area (Å²) >= 11 is 5.74. The predicted molar refractivity (Wildman–Crippen MR) is 77.7 cm³/mol. The zero-order valence-electron chi connectivity index (χ0n) is 11.1. The lowest BCUT2D eigenvalue weighted by Crippen LogP contribution is -2.36. The van der Waals surface area contributed by atoms with Gasteiger partial charge < -0.3 is 10.4 Å². The van der Waals surface area contributed by atoms with Crippen molar-refractivity contribution in [2.45, 2.75) is 44.1 Å². The molecule has 1 aromatic rings. The number of halogens is 1. The smallest absolute Gasteiger partial charge is 0.341 e. The van der Waals surface area contributed by atoms with Gasteiger partial charge in [0.25, 0.3) is 0 Å². The van der Waals surface area contributed by atoms with Crippen LogP contribution in [0.2, 0.25) is 30.5 Å². The van der Waals surface area contributed by atoms with Crippen LogP contribution in [0, 0.1) is 0 Å². The highest BCUT2D eigenvalue weighted by Gasteiger charge is 2.29. The number of rotatable bonds is 3. The summed E-state index contributed by atoms with van der Waals surface area (Å²) in [6.45, 7) is 4.79. The Morgan fingerprint density at radius 2 is 2.11 bits per heavy atom. The lowest BCUT2D eigenvalue weighted by atomic mass is 10.1. The van der Waals surface area contributed by atoms with Crippen LogP contribution in [-0.4, -0.2) is 35.2 Å². The number of nitrogens with one attached hydrogen (secondary N) is 1. The molecule has 1 aliphatic heterocycles. The molecule has 1 saturated heterocycles. The van der Waals surface area contributed by atoms with Crippen LogP contribution in [0.3, 0.4) is 0 Å². The Balaban J connectivity index is 2.11. The van der Waals surface area contributed by atoms with Crippen molar-refractivity contribution >= 4 is 31.5 Å². The summed E-state index contributed by atoms with van der Waals surface area (Å²) in [5, 5.41) is 12.4. The van der Waals surface area contributed by atoms with E-state index in [1.807, 2.05) is 0 Å². The largest absolute Gasteiger partial charge is 0.477 e. The molecule has 0 bridgehead atoms. The van der Waals surface area contributed by atoms with E-state index in [0.717, 1.165) is 12.8 Å². The highest BCUT2D eigenvalue weighted by atomic mass is 35.5. The van der Waals surface area contributed by atoms with Crippen molar-refractivity contribution in [1.82, 2.24) is 9.97 Å². The Hall–Kier alpha value is -1.14. The highest BCUT2D eigenvalue weighted by molar-refractivity contribution is 6.77. The van der Waals surface area contributed by atoms with Crippen molar-refractivity contribution < 1.29 is 9.90 Å². The minimum Gasteiger partial charge on any atom is -0.477 e. The lowest BCUT2D eigenvalue weighted by molar-refractivity contribution is 0.0697. The number of carbonyl (C=O) groups is 1. The van der Waals surface area contributed by atoms with Gasteiger partial charge in [-0.15, -0.1) is 0 Å². The first-order valence-corrected chi connectivity index (χ1v) is 10.2. The Bertz CT molecular complexity index is 486. The molecule has 0 unspecified atom stereocenters. The van der Waals surface area contributed by atoms with E-state index >= 15 is 0 Å². The quantitative estimate of drug-likeness (QED) is 0.662. The van der Waals surface area contributed by atoms with E-state index in [4.69, 9.17) is 16.7 Å². The Labute approximate surface area is 118 Å². The van der Waals surface area contributed by atoms with Gasteiger partial charge in [-0.1, -0.05) is 25.2 Å². The molecular formula is C12H18ClN3O2Si. The lowest BCUT2D eigenvalue weighted by Gasteiger charge is -2.33. The van der Waals surface area contributed by atoms with Crippen molar-refractivity contribution in [3.05, 3.63) is 17.0 Å². The zero-order valence-corrected chi connectivity index (χ0v) is 12.9. The van der Waals surface area contributed by atoms with Gasteiger partial charge in [0.05, 0.1) is 0 Å². The molecule has 1 aliphatic rings. The van der Waals surface area contributed by atoms with Gasteiger partial charge in [0.1, 0.15) is 11.4 Å². The second kappa shape index (κ2) is 5.46. The molecule has 0 aromatic carbocycles. The van der Waals surface area contributed by atoms with Crippen LogP contribution in [0.25, 0.3) is 0 Å². The zero-order chi connectivity index (χ0) is 14.0. The fraction of sp³-hybridized carbons (Fsp3) is 0.583. The van der Waals surface area contributed by atoms with Crippen LogP contribution in [0.1, 0.15) is 23.2 Å². The Morgan fingerprint density at radius 1 is 1.47 bits per heavy atom. The third-order valence-corrected chi connectivity index (χ3v) is 7.14. The Kier molecular flexibility index (Phi) is 4.10. The van der Waals surface area contributed by atoms with Crippen molar-refractivity contribution in [3.63, 3.8) is 0 Å². The number of carboxylic acid groups (broad SMARTS) is 1. The molecule has 7 heteroatoms. The van der Waals surface area contributed by atoms with Crippen LogP contribution in [-0.2, 0) is 0 Å². The number of anilines is 1. The molecule has 0 radical (unpaired) electrons. The van der Waals surface area contributed by atoms with Gasteiger partial charge in [-0.3, -0.25) is 0 Å². The second-order valence-corrected chi connectivity index (χ2v) is 11.5. The maximum Gasteiger partial charge on any atom is 0.341 e. The summed E-state index contributed by atoms with van der Waals surface area (Å²) in [5.41, 5.74) is 0.0754. The maximum absolute atomic E-state index is 11.1. The van der Waals surface area contributed by atoms with Crippen molar-refractivity contribution in [3.8, 4) is 0 Å². The fourth-order valence-corrected chi connectivity index (χ4v) is 5.01. The predicted octanol–water partition coefficient (Wildman–Crippen LogP) is 3.11. The average Bonchev–Trinajstić information content (AvgIpc) is 2.31. The molecule has 0 amide bonds. The van der Waals surface area contributed by atoms with Crippen molar-refractivity contribution in [1.29, 1.82) is 0 Å². The molecule has 0 atom stereocenters. The van der Waals surface area contributed by atoms with E-state index in [0.29, 0.717) is 5.82 Å². The van der Waals surface area contributed by atoms with Crippen molar-refractivity contribution in [2.24, 2.45) is 0 Å². The van der Waals surface area contributed by atoms with E-state index in [1.54, 1.807) is 0 Å². The van der Waals surface area contributed by atoms with Crippen molar-refractivity contribution in [2.75, 3.05) is 5.32 Å². The van der Waals surface area contributed by atoms with Crippen LogP contribution in [0.4, 0.5) is 5.82 Å². The van der Waals surface area contributed by atoms with Crippen LogP contribution >= 0.6 is 11.6 Å². The summed E-state index contributed by atoms with van der Waals surface area (Å²) in [7, 11) is -1.01. The minimum atomic E-state index is -1.04. The highest BCUT2D eigenvalue weighted by Crippen LogP contribution is 2.30. The molecule has 2 N–H and O–H groups in total. The van der Waals surface area contributed by atoms with Gasteiger partial charge >= 0.3 is 5.97 Å². The van der Waals surface area contributed by atoms with Gasteiger partial charge in [0.2, 0.25) is 5.28 Å². The summed E-state index contributed by atoms with van der Waals surface area (Å²) < 4.78 is 0. The first-order chi connectivity index (χ1) is 8.87. The minimum absolute atomic E-state index is 0.0676. The third-order valence-electron chi connectivity index (χ3n) is 3.67. The molecule has 0 saturated carbocycles. The van der Waals surface area contributed by atoms with Crippen LogP contribution < -0.4 is 5.32 Å². The number of hydrogen-bond acceptors (Lipinski definition) is 4. The van der Waals surface area contributed by atoms with Gasteiger partial charge in [-0.25, -0.2) is 9.78 Å². The molecule has 5 nitrogen and oxygen atoms in total. The van der Waals surface area contributed by atoms with Gasteiger partial charge in [-0.05, 0) is 24.4 Å². The van der Waals surface area contributed by atoms with E-state index in [2.05, 4.69) is 28.4 Å². The maximum atomic E-state index is 11.1. The molecule has 0 spiro atoms. The average molecular weight is 300 g/mol. The Morgan fingerprint density at radius 3 is 2.68 bits per heavy atom. The first kappa shape index (κ1) is 14.3. The monoisotopic (exact) mass is 299 g/mol.